The van der Waals surface area contributed by atoms with Gasteiger partial charge in [0.2, 0.25) is 0 Å². The van der Waals surface area contributed by atoms with Gasteiger partial charge in [-0.15, -0.1) is 0 Å². The number of halogens is 1. The quantitative estimate of drug-likeness (QED) is 0.814. The summed E-state index contributed by atoms with van der Waals surface area (Å²) in [5.74, 6) is 0.971. The monoisotopic (exact) mass is 295 g/mol. The number of benzene rings is 1. The minimum Gasteiger partial charge on any atom is -0.382 e. The van der Waals surface area contributed by atoms with Gasteiger partial charge in [-0.3, -0.25) is 0 Å². The molecule has 1 nitrogen and oxygen atoms in total. The van der Waals surface area contributed by atoms with Gasteiger partial charge in [0, 0.05) is 16.2 Å². The lowest BCUT2D eigenvalue weighted by atomic mass is 9.84. The Morgan fingerprint density at radius 3 is 2.53 bits per heavy atom. The van der Waals surface area contributed by atoms with Crippen LogP contribution < -0.4 is 5.32 Å². The van der Waals surface area contributed by atoms with Crippen molar-refractivity contribution in [3.8, 4) is 0 Å². The molecule has 1 aromatic rings. The van der Waals surface area contributed by atoms with Crippen LogP contribution in [0.25, 0.3) is 0 Å². The van der Waals surface area contributed by atoms with Crippen LogP contribution in [0.2, 0.25) is 0 Å². The lowest BCUT2D eigenvalue weighted by Gasteiger charge is -2.29. The molecule has 1 fully saturated rings. The molecule has 0 amide bonds. The van der Waals surface area contributed by atoms with Crippen LogP contribution in [0.15, 0.2) is 22.7 Å². The standard InChI is InChI=1S/C15H22BrN/c1-3-12-4-7-14(8-5-12)17-15-9-6-13(16)10-11(15)2/h6,9-10,12,14,17H,3-5,7-8H2,1-2H3. The Balaban J connectivity index is 1.93. The first kappa shape index (κ1) is 12.9. The average Bonchev–Trinajstić information content (AvgIpc) is 2.34. The highest BCUT2D eigenvalue weighted by molar-refractivity contribution is 9.10. The van der Waals surface area contributed by atoms with Crippen LogP contribution in [0.5, 0.6) is 0 Å². The van der Waals surface area contributed by atoms with Gasteiger partial charge in [0.25, 0.3) is 0 Å². The van der Waals surface area contributed by atoms with Gasteiger partial charge in [-0.25, -0.2) is 0 Å². The van der Waals surface area contributed by atoms with Gasteiger partial charge in [0.1, 0.15) is 0 Å². The third kappa shape index (κ3) is 3.48. The molecule has 1 N–H and O–H groups in total. The van der Waals surface area contributed by atoms with E-state index >= 15 is 0 Å². The lowest BCUT2D eigenvalue weighted by Crippen LogP contribution is -2.26. The molecule has 0 aromatic heterocycles. The van der Waals surface area contributed by atoms with Gasteiger partial charge in [0.05, 0.1) is 0 Å². The Hall–Kier alpha value is -0.500. The summed E-state index contributed by atoms with van der Waals surface area (Å²) in [4.78, 5) is 0. The first-order chi connectivity index (χ1) is 8.19. The number of aryl methyl sites for hydroxylation is 1. The normalized spacial score (nSPS) is 24.6. The van der Waals surface area contributed by atoms with Crippen molar-refractivity contribution in [3.05, 3.63) is 28.2 Å². The number of rotatable bonds is 3. The molecule has 0 bridgehead atoms. The van der Waals surface area contributed by atoms with E-state index in [9.17, 15) is 0 Å². The summed E-state index contributed by atoms with van der Waals surface area (Å²) in [6.45, 7) is 4.49. The Morgan fingerprint density at radius 1 is 1.24 bits per heavy atom. The molecule has 94 valence electrons. The van der Waals surface area contributed by atoms with Gasteiger partial charge >= 0.3 is 0 Å². The van der Waals surface area contributed by atoms with E-state index in [1.54, 1.807) is 0 Å². The van der Waals surface area contributed by atoms with E-state index in [4.69, 9.17) is 0 Å². The molecule has 1 aliphatic rings. The summed E-state index contributed by atoms with van der Waals surface area (Å²) in [6, 6.07) is 7.16. The Kier molecular flexibility index (Phi) is 4.49. The van der Waals surface area contributed by atoms with Crippen LogP contribution in [0.1, 0.15) is 44.6 Å². The fourth-order valence-corrected chi connectivity index (χ4v) is 3.20. The van der Waals surface area contributed by atoms with Crippen LogP contribution in [0.3, 0.4) is 0 Å². The summed E-state index contributed by atoms with van der Waals surface area (Å²) in [7, 11) is 0. The molecule has 0 unspecified atom stereocenters. The maximum atomic E-state index is 3.70. The molecule has 0 spiro atoms. The van der Waals surface area contributed by atoms with Crippen LogP contribution in [0, 0.1) is 12.8 Å². The Morgan fingerprint density at radius 2 is 1.94 bits per heavy atom. The SMILES string of the molecule is CCC1CCC(Nc2ccc(Br)cc2C)CC1. The van der Waals surface area contributed by atoms with Gasteiger partial charge in [-0.2, -0.15) is 0 Å². The number of nitrogens with one attached hydrogen (secondary N) is 1. The molecule has 0 atom stereocenters. The minimum atomic E-state index is 0.678. The zero-order valence-corrected chi connectivity index (χ0v) is 12.4. The van der Waals surface area contributed by atoms with Crippen molar-refractivity contribution >= 4 is 21.6 Å². The number of anilines is 1. The second-order valence-corrected chi connectivity index (χ2v) is 6.15. The predicted molar refractivity (Wildman–Crippen MR) is 78.5 cm³/mol. The highest BCUT2D eigenvalue weighted by atomic mass is 79.9. The summed E-state index contributed by atoms with van der Waals surface area (Å²) in [5, 5.41) is 3.70. The maximum Gasteiger partial charge on any atom is 0.0372 e. The molecule has 1 saturated carbocycles. The fourth-order valence-electron chi connectivity index (χ4n) is 2.72. The highest BCUT2D eigenvalue weighted by Gasteiger charge is 2.19. The average molecular weight is 296 g/mol. The first-order valence-corrected chi connectivity index (χ1v) is 7.51. The summed E-state index contributed by atoms with van der Waals surface area (Å²) in [5.41, 5.74) is 2.63. The Labute approximate surface area is 113 Å². The van der Waals surface area contributed by atoms with E-state index in [0.29, 0.717) is 6.04 Å². The second-order valence-electron chi connectivity index (χ2n) is 5.23. The number of hydrogen-bond acceptors (Lipinski definition) is 1. The van der Waals surface area contributed by atoms with E-state index in [1.165, 1.54) is 43.4 Å². The molecule has 1 aromatic carbocycles. The van der Waals surface area contributed by atoms with Crippen molar-refractivity contribution in [2.75, 3.05) is 5.32 Å². The van der Waals surface area contributed by atoms with Gasteiger partial charge in [-0.05, 0) is 62.3 Å². The largest absolute Gasteiger partial charge is 0.382 e. The van der Waals surface area contributed by atoms with E-state index in [2.05, 4.69) is 53.3 Å². The molecule has 17 heavy (non-hydrogen) atoms. The third-order valence-corrected chi connectivity index (χ3v) is 4.47. The maximum absolute atomic E-state index is 3.70. The molecular formula is C15H22BrN. The van der Waals surface area contributed by atoms with E-state index < -0.39 is 0 Å². The molecule has 1 aliphatic carbocycles. The zero-order valence-electron chi connectivity index (χ0n) is 10.8. The van der Waals surface area contributed by atoms with Gasteiger partial charge in [-0.1, -0.05) is 29.3 Å². The predicted octanol–water partition coefficient (Wildman–Crippen LogP) is 5.14. The fraction of sp³-hybridized carbons (Fsp3) is 0.600. The van der Waals surface area contributed by atoms with Crippen molar-refractivity contribution in [2.45, 2.75) is 52.0 Å². The van der Waals surface area contributed by atoms with Crippen molar-refractivity contribution in [3.63, 3.8) is 0 Å². The summed E-state index contributed by atoms with van der Waals surface area (Å²) < 4.78 is 1.16. The van der Waals surface area contributed by atoms with Gasteiger partial charge in [0.15, 0.2) is 0 Å². The summed E-state index contributed by atoms with van der Waals surface area (Å²) in [6.07, 6.45) is 6.79. The van der Waals surface area contributed by atoms with Crippen LogP contribution in [-0.2, 0) is 0 Å². The molecule has 0 saturated heterocycles. The van der Waals surface area contributed by atoms with Gasteiger partial charge < -0.3 is 5.32 Å². The first-order valence-electron chi connectivity index (χ1n) is 6.71. The Bertz CT molecular complexity index is 367. The smallest absolute Gasteiger partial charge is 0.0372 e. The van der Waals surface area contributed by atoms with Crippen molar-refractivity contribution in [1.29, 1.82) is 0 Å². The van der Waals surface area contributed by atoms with Crippen LogP contribution in [0.4, 0.5) is 5.69 Å². The minimum absolute atomic E-state index is 0.678. The van der Waals surface area contributed by atoms with Crippen LogP contribution in [-0.4, -0.2) is 6.04 Å². The molecule has 0 heterocycles. The van der Waals surface area contributed by atoms with Crippen molar-refractivity contribution < 1.29 is 0 Å². The molecule has 0 radical (unpaired) electrons. The van der Waals surface area contributed by atoms with Crippen LogP contribution >= 0.6 is 15.9 Å². The van der Waals surface area contributed by atoms with E-state index in [1.807, 2.05) is 0 Å². The number of hydrogen-bond donors (Lipinski definition) is 1. The highest BCUT2D eigenvalue weighted by Crippen LogP contribution is 2.29. The zero-order chi connectivity index (χ0) is 12.3. The van der Waals surface area contributed by atoms with Crippen molar-refractivity contribution in [1.82, 2.24) is 0 Å². The molecule has 0 aliphatic heterocycles. The van der Waals surface area contributed by atoms with Crippen molar-refractivity contribution in [2.24, 2.45) is 5.92 Å². The van der Waals surface area contributed by atoms with E-state index in [-0.39, 0.29) is 0 Å². The molecule has 2 rings (SSSR count). The molecule has 2 heteroatoms. The third-order valence-electron chi connectivity index (χ3n) is 3.97. The summed E-state index contributed by atoms with van der Waals surface area (Å²) >= 11 is 3.51. The topological polar surface area (TPSA) is 12.0 Å². The molecular weight excluding hydrogens is 274 g/mol. The van der Waals surface area contributed by atoms with E-state index in [0.717, 1.165) is 10.4 Å². The lowest BCUT2D eigenvalue weighted by molar-refractivity contribution is 0.330. The second kappa shape index (κ2) is 5.90.